The Labute approximate surface area is 412 Å². The van der Waals surface area contributed by atoms with Gasteiger partial charge in [-0.3, -0.25) is 36.2 Å². The van der Waals surface area contributed by atoms with Crippen molar-refractivity contribution in [3.63, 3.8) is 0 Å². The summed E-state index contributed by atoms with van der Waals surface area (Å²) in [6, 6.07) is 0. The van der Waals surface area contributed by atoms with Gasteiger partial charge in [-0.1, -0.05) is 12.8 Å². The molecular weight excluding hydrogens is 1000 g/mol. The van der Waals surface area contributed by atoms with Crippen molar-refractivity contribution in [3.05, 3.63) is 0 Å². The fourth-order valence-corrected chi connectivity index (χ4v) is 14.2. The third-order valence-corrected chi connectivity index (χ3v) is 17.7. The number of aliphatic hydroxyl groups excluding tert-OH is 1. The molecular formula is C40H77N9O17P4. The van der Waals surface area contributed by atoms with Crippen molar-refractivity contribution in [3.8, 4) is 0 Å². The standard InChI is InChI=1S/C40H77N9O17P4/c1-40(2,3)66-69(53,43-39-48(8)21-22-49(39)9)65-33-16-27-57-35(33)29-61-67(51,41-37-44(4)17-18-45(37)5)63-31-14-25-56-34(31)28-60-68(52,42-38-46(6)19-20-47(38)7)64-32-15-26-58-36(32)30-62-70(54,55)59-24-13-11-10-12-23-50/h31-36,50H,10-30H2,1-9H3,(H,54,55)/t31-,32+,33-,34-,35?,36-,67?,68?,69?/m1/s1. The van der Waals surface area contributed by atoms with Gasteiger partial charge in [-0.2, -0.15) is 0 Å². The van der Waals surface area contributed by atoms with E-state index in [0.717, 1.165) is 6.42 Å². The van der Waals surface area contributed by atoms with E-state index in [1.807, 2.05) is 47.8 Å². The summed E-state index contributed by atoms with van der Waals surface area (Å²) in [5.41, 5.74) is -0.882. The van der Waals surface area contributed by atoms with Crippen LogP contribution in [-0.2, 0) is 68.7 Å². The number of aliphatic hydroxyl groups is 1. The Balaban J connectivity index is 1.15. The van der Waals surface area contributed by atoms with Crippen molar-refractivity contribution in [2.75, 3.05) is 134 Å². The van der Waals surface area contributed by atoms with Gasteiger partial charge >= 0.3 is 31.1 Å². The number of rotatable bonds is 26. The van der Waals surface area contributed by atoms with Crippen molar-refractivity contribution < 1.29 is 78.7 Å². The van der Waals surface area contributed by atoms with Crippen molar-refractivity contribution in [2.24, 2.45) is 14.3 Å². The predicted molar refractivity (Wildman–Crippen MR) is 259 cm³/mol. The normalized spacial score (nSPS) is 29.0. The molecule has 0 aromatic carbocycles. The minimum Gasteiger partial charge on any atom is -0.396 e. The van der Waals surface area contributed by atoms with Crippen LogP contribution >= 0.6 is 31.1 Å². The molecule has 0 radical (unpaired) electrons. The monoisotopic (exact) mass is 1080 g/mol. The Kier molecular flexibility index (Phi) is 20.7. The van der Waals surface area contributed by atoms with Gasteiger partial charge in [0.1, 0.15) is 18.3 Å². The van der Waals surface area contributed by atoms with Crippen molar-refractivity contribution in [2.45, 2.75) is 108 Å². The molecule has 10 atom stereocenters. The van der Waals surface area contributed by atoms with E-state index in [1.165, 1.54) is 0 Å². The van der Waals surface area contributed by atoms with E-state index in [-0.39, 0.29) is 59.1 Å². The van der Waals surface area contributed by atoms with Crippen LogP contribution in [0.4, 0.5) is 0 Å². The summed E-state index contributed by atoms with van der Waals surface area (Å²) in [4.78, 5) is 21.3. The second-order valence-electron chi connectivity index (χ2n) is 19.2. The van der Waals surface area contributed by atoms with Crippen LogP contribution in [0.15, 0.2) is 14.3 Å². The largest absolute Gasteiger partial charge is 0.472 e. The fourth-order valence-electron chi connectivity index (χ4n) is 8.25. The van der Waals surface area contributed by atoms with Gasteiger partial charge in [0, 0.05) is 127 Å². The molecule has 70 heavy (non-hydrogen) atoms. The summed E-state index contributed by atoms with van der Waals surface area (Å²) in [5.74, 6) is 1.18. The Morgan fingerprint density at radius 1 is 0.529 bits per heavy atom. The molecule has 6 aliphatic heterocycles. The van der Waals surface area contributed by atoms with Crippen LogP contribution in [0.25, 0.3) is 0 Å². The number of likely N-dealkylation sites (N-methyl/N-ethyl adjacent to an activating group) is 6. The average Bonchev–Trinajstić information content (AvgIpc) is 4.17. The average molecular weight is 1080 g/mol. The van der Waals surface area contributed by atoms with Gasteiger partial charge in [0.2, 0.25) is 17.9 Å². The molecule has 30 heteroatoms. The number of hydrogen-bond acceptors (Lipinski definition) is 16. The maximum Gasteiger partial charge on any atom is 0.472 e. The number of hydrogen-bond donors (Lipinski definition) is 2. The highest BCUT2D eigenvalue weighted by atomic mass is 31.2. The highest BCUT2D eigenvalue weighted by Gasteiger charge is 2.46. The second kappa shape index (κ2) is 25.2. The first kappa shape index (κ1) is 57.5. The maximum absolute atomic E-state index is 15.0. The van der Waals surface area contributed by atoms with Crippen LogP contribution in [0.3, 0.4) is 0 Å². The lowest BCUT2D eigenvalue weighted by molar-refractivity contribution is -0.0144. The fraction of sp³-hybridized carbons (Fsp3) is 0.925. The lowest BCUT2D eigenvalue weighted by Gasteiger charge is -2.29. The molecule has 2 N–H and O–H groups in total. The summed E-state index contributed by atoms with van der Waals surface area (Å²) in [7, 11) is -6.61. The van der Waals surface area contributed by atoms with Crippen LogP contribution in [0.5, 0.6) is 0 Å². The minimum absolute atomic E-state index is 0.0151. The van der Waals surface area contributed by atoms with Crippen LogP contribution in [0.2, 0.25) is 0 Å². The topological polar surface area (TPSA) is 267 Å². The summed E-state index contributed by atoms with van der Waals surface area (Å²) >= 11 is 0. The molecule has 0 amide bonds. The quantitative estimate of drug-likeness (QED) is 0.0913. The van der Waals surface area contributed by atoms with Gasteiger partial charge in [0.05, 0.1) is 50.3 Å². The van der Waals surface area contributed by atoms with Gasteiger partial charge in [-0.15, -0.1) is 14.3 Å². The summed E-state index contributed by atoms with van der Waals surface area (Å²) in [6.07, 6.45) is -2.01. The summed E-state index contributed by atoms with van der Waals surface area (Å²) in [6.45, 7) is 8.58. The van der Waals surface area contributed by atoms with Crippen molar-refractivity contribution >= 4 is 48.9 Å². The van der Waals surface area contributed by atoms with Crippen molar-refractivity contribution in [1.82, 2.24) is 29.4 Å². The van der Waals surface area contributed by atoms with E-state index in [2.05, 4.69) is 14.3 Å². The van der Waals surface area contributed by atoms with E-state index in [9.17, 15) is 18.6 Å². The number of nitrogens with zero attached hydrogens (tertiary/aromatic N) is 9. The SMILES string of the molecule is CN1CCN(C)C1=NP(=O)(OC[C@H]1OCC[C@H]1OP(=O)(N=C1N(C)CCN1C)OCC1OCC[C@H]1OP(=O)(N=C1N(C)CCN1C)OC(C)(C)C)O[C@H]1CCO[C@@H]1COP(=O)(O)OCCCCCCO. The molecule has 0 aromatic heterocycles. The zero-order valence-corrected chi connectivity index (χ0v) is 45.7. The highest BCUT2D eigenvalue weighted by Crippen LogP contribution is 2.58. The second-order valence-corrected chi connectivity index (χ2v) is 25.4. The maximum atomic E-state index is 15.0. The van der Waals surface area contributed by atoms with Crippen LogP contribution in [0.1, 0.15) is 65.7 Å². The number of phosphoric ester groups is 1. The van der Waals surface area contributed by atoms with Gasteiger partial charge in [0.25, 0.3) is 0 Å². The number of phosphoric acid groups is 1. The van der Waals surface area contributed by atoms with Crippen LogP contribution in [-0.4, -0.2) is 234 Å². The predicted octanol–water partition coefficient (Wildman–Crippen LogP) is 4.07. The van der Waals surface area contributed by atoms with E-state index in [4.69, 9.17) is 55.5 Å². The first-order valence-corrected chi connectivity index (χ1v) is 30.0. The highest BCUT2D eigenvalue weighted by molar-refractivity contribution is 7.53. The molecule has 404 valence electrons. The third-order valence-electron chi connectivity index (χ3n) is 12.2. The van der Waals surface area contributed by atoms with Gasteiger partial charge in [-0.25, -0.2) is 18.3 Å². The molecule has 6 aliphatic rings. The number of guanidine groups is 3. The molecule has 0 bridgehead atoms. The van der Waals surface area contributed by atoms with Crippen molar-refractivity contribution in [1.29, 1.82) is 0 Å². The first-order valence-electron chi connectivity index (χ1n) is 24.0. The molecule has 5 unspecified atom stereocenters. The van der Waals surface area contributed by atoms with Gasteiger partial charge in [-0.05, 0) is 33.6 Å². The Morgan fingerprint density at radius 3 is 1.24 bits per heavy atom. The molecule has 6 rings (SSSR count). The Bertz CT molecular complexity index is 1980. The molecule has 6 saturated heterocycles. The zero-order valence-electron chi connectivity index (χ0n) is 42.1. The van der Waals surface area contributed by atoms with Crippen LogP contribution in [0, 0.1) is 0 Å². The van der Waals surface area contributed by atoms with E-state index in [0.29, 0.717) is 82.8 Å². The molecule has 6 fully saturated rings. The molecule has 0 aliphatic carbocycles. The molecule has 0 aromatic rings. The van der Waals surface area contributed by atoms with Gasteiger partial charge < -0.3 is 53.6 Å². The number of ether oxygens (including phenoxy) is 3. The van der Waals surface area contributed by atoms with Gasteiger partial charge in [0.15, 0.2) is 0 Å². The third kappa shape index (κ3) is 16.6. The smallest absolute Gasteiger partial charge is 0.396 e. The Morgan fingerprint density at radius 2 is 0.871 bits per heavy atom. The van der Waals surface area contributed by atoms with Crippen LogP contribution < -0.4 is 0 Å². The zero-order chi connectivity index (χ0) is 50.9. The molecule has 0 saturated carbocycles. The Hall–Kier alpha value is -1.79. The lowest BCUT2D eigenvalue weighted by atomic mass is 10.2. The summed E-state index contributed by atoms with van der Waals surface area (Å²) < 4.78 is 136. The minimum atomic E-state index is -4.47. The summed E-state index contributed by atoms with van der Waals surface area (Å²) in [5, 5.41) is 8.98. The number of unbranched alkanes of at least 4 members (excludes halogenated alkanes) is 3. The first-order chi connectivity index (χ1) is 33.0. The molecule has 0 spiro atoms. The molecule has 6 heterocycles. The lowest BCUT2D eigenvalue weighted by Crippen LogP contribution is -2.33. The van der Waals surface area contributed by atoms with E-state index in [1.54, 1.807) is 44.7 Å². The van der Waals surface area contributed by atoms with E-state index < -0.39 is 79.9 Å². The molecule has 26 nitrogen and oxygen atoms in total. The van der Waals surface area contributed by atoms with E-state index >= 15 is 4.57 Å².